The van der Waals surface area contributed by atoms with Crippen molar-refractivity contribution in [1.82, 2.24) is 0 Å². The summed E-state index contributed by atoms with van der Waals surface area (Å²) in [6.07, 6.45) is -0.456. The van der Waals surface area contributed by atoms with E-state index in [1.165, 1.54) is 0 Å². The third-order valence-electron chi connectivity index (χ3n) is 2.39. The van der Waals surface area contributed by atoms with Gasteiger partial charge in [0, 0.05) is 6.54 Å². The summed E-state index contributed by atoms with van der Waals surface area (Å²) >= 11 is 0. The van der Waals surface area contributed by atoms with Crippen molar-refractivity contribution < 1.29 is 5.11 Å². The first kappa shape index (κ1) is 11.2. The Morgan fingerprint density at radius 3 is 2.36 bits per heavy atom. The van der Waals surface area contributed by atoms with Crippen LogP contribution in [0.3, 0.4) is 0 Å². The summed E-state index contributed by atoms with van der Waals surface area (Å²) in [5.74, 6) is 0. The van der Waals surface area contributed by atoms with Crippen LogP contribution in [0.15, 0.2) is 24.3 Å². The molecule has 1 aromatic carbocycles. The summed E-state index contributed by atoms with van der Waals surface area (Å²) in [5, 5.41) is 10.1. The largest absolute Gasteiger partial charge is 0.388 e. The second-order valence-electron chi connectivity index (χ2n) is 4.67. The highest BCUT2D eigenvalue weighted by Gasteiger charge is 2.25. The molecule has 0 saturated heterocycles. The molecule has 0 bridgehead atoms. The second-order valence-corrected chi connectivity index (χ2v) is 4.67. The Kier molecular flexibility index (Phi) is 3.29. The molecule has 0 aromatic heterocycles. The predicted octanol–water partition coefficient (Wildman–Crippen LogP) is 2.22. The van der Waals surface area contributed by atoms with Crippen molar-refractivity contribution in [3.8, 4) is 0 Å². The van der Waals surface area contributed by atoms with Gasteiger partial charge in [-0.3, -0.25) is 0 Å². The van der Waals surface area contributed by atoms with Gasteiger partial charge in [-0.15, -0.1) is 0 Å². The molecule has 3 N–H and O–H groups in total. The van der Waals surface area contributed by atoms with Crippen molar-refractivity contribution in [3.63, 3.8) is 0 Å². The molecule has 1 unspecified atom stereocenters. The normalized spacial score (nSPS) is 14.1. The number of hydrogen-bond donors (Lipinski definition) is 2. The zero-order chi connectivity index (χ0) is 10.8. The molecule has 78 valence electrons. The van der Waals surface area contributed by atoms with Gasteiger partial charge in [-0.2, -0.15) is 0 Å². The van der Waals surface area contributed by atoms with Gasteiger partial charge in [0.1, 0.15) is 0 Å². The molecule has 0 aliphatic carbocycles. The third kappa shape index (κ3) is 2.34. The molecule has 0 aliphatic rings. The van der Waals surface area contributed by atoms with E-state index in [1.54, 1.807) is 0 Å². The van der Waals surface area contributed by atoms with Gasteiger partial charge >= 0.3 is 0 Å². The van der Waals surface area contributed by atoms with Crippen molar-refractivity contribution in [2.24, 2.45) is 11.1 Å². The van der Waals surface area contributed by atoms with E-state index in [0.717, 1.165) is 11.1 Å². The van der Waals surface area contributed by atoms with Crippen molar-refractivity contribution >= 4 is 0 Å². The Labute approximate surface area is 85.8 Å². The highest BCUT2D eigenvalue weighted by atomic mass is 16.3. The fourth-order valence-corrected chi connectivity index (χ4v) is 1.45. The van der Waals surface area contributed by atoms with Crippen molar-refractivity contribution in [1.29, 1.82) is 0 Å². The third-order valence-corrected chi connectivity index (χ3v) is 2.39. The van der Waals surface area contributed by atoms with Crippen LogP contribution in [0.5, 0.6) is 0 Å². The molecule has 0 radical (unpaired) electrons. The molecular weight excluding hydrogens is 174 g/mol. The highest BCUT2D eigenvalue weighted by molar-refractivity contribution is 5.29. The van der Waals surface area contributed by atoms with Crippen LogP contribution in [0, 0.1) is 5.41 Å². The van der Waals surface area contributed by atoms with Crippen LogP contribution in [0.4, 0.5) is 0 Å². The number of rotatable bonds is 2. The quantitative estimate of drug-likeness (QED) is 0.756. The Balaban J connectivity index is 3.06. The summed E-state index contributed by atoms with van der Waals surface area (Å²) in [5.41, 5.74) is 7.44. The Hall–Kier alpha value is -0.860. The zero-order valence-corrected chi connectivity index (χ0v) is 9.12. The van der Waals surface area contributed by atoms with Crippen molar-refractivity contribution in [2.75, 3.05) is 0 Å². The average Bonchev–Trinajstić information content (AvgIpc) is 2.15. The van der Waals surface area contributed by atoms with Gasteiger partial charge < -0.3 is 10.8 Å². The van der Waals surface area contributed by atoms with Crippen LogP contribution in [0.1, 0.15) is 38.0 Å². The number of aliphatic hydroxyl groups excluding tert-OH is 1. The minimum atomic E-state index is -0.456. The first-order chi connectivity index (χ1) is 6.46. The van der Waals surface area contributed by atoms with Gasteiger partial charge in [-0.05, 0) is 16.5 Å². The van der Waals surface area contributed by atoms with Crippen LogP contribution < -0.4 is 5.73 Å². The van der Waals surface area contributed by atoms with Crippen molar-refractivity contribution in [3.05, 3.63) is 35.4 Å². The zero-order valence-electron chi connectivity index (χ0n) is 9.12. The first-order valence-corrected chi connectivity index (χ1v) is 4.92. The van der Waals surface area contributed by atoms with Gasteiger partial charge in [0.2, 0.25) is 0 Å². The van der Waals surface area contributed by atoms with E-state index >= 15 is 0 Å². The monoisotopic (exact) mass is 193 g/mol. The lowest BCUT2D eigenvalue weighted by Gasteiger charge is -2.27. The number of hydrogen-bond acceptors (Lipinski definition) is 2. The van der Waals surface area contributed by atoms with Gasteiger partial charge in [-0.1, -0.05) is 45.0 Å². The smallest absolute Gasteiger partial charge is 0.0841 e. The predicted molar refractivity (Wildman–Crippen MR) is 58.7 cm³/mol. The van der Waals surface area contributed by atoms with Gasteiger partial charge in [0.15, 0.2) is 0 Å². The molecule has 0 saturated carbocycles. The fourth-order valence-electron chi connectivity index (χ4n) is 1.45. The highest BCUT2D eigenvalue weighted by Crippen LogP contribution is 2.33. The average molecular weight is 193 g/mol. The van der Waals surface area contributed by atoms with Gasteiger partial charge in [-0.25, -0.2) is 0 Å². The molecule has 2 heteroatoms. The van der Waals surface area contributed by atoms with E-state index in [-0.39, 0.29) is 5.41 Å². The maximum Gasteiger partial charge on any atom is 0.0841 e. The number of aliphatic hydroxyl groups is 1. The second kappa shape index (κ2) is 4.11. The maximum absolute atomic E-state index is 10.1. The van der Waals surface area contributed by atoms with E-state index in [2.05, 4.69) is 0 Å². The van der Waals surface area contributed by atoms with Crippen LogP contribution in [-0.2, 0) is 6.54 Å². The molecular formula is C12H19NO. The first-order valence-electron chi connectivity index (χ1n) is 4.92. The summed E-state index contributed by atoms with van der Waals surface area (Å²) in [6.45, 7) is 6.53. The van der Waals surface area contributed by atoms with Crippen LogP contribution in [0.2, 0.25) is 0 Å². The molecule has 0 spiro atoms. The van der Waals surface area contributed by atoms with Gasteiger partial charge in [0.25, 0.3) is 0 Å². The number of nitrogens with two attached hydrogens (primary N) is 1. The lowest BCUT2D eigenvalue weighted by Crippen LogP contribution is -2.19. The van der Waals surface area contributed by atoms with Gasteiger partial charge in [0.05, 0.1) is 6.10 Å². The van der Waals surface area contributed by atoms with E-state index in [0.29, 0.717) is 6.54 Å². The van der Waals surface area contributed by atoms with E-state index < -0.39 is 6.10 Å². The standard InChI is InChI=1S/C12H19NO/c1-12(2,3)11(14)10-7-5-4-6-9(10)8-13/h4-7,11,14H,8,13H2,1-3H3. The lowest BCUT2D eigenvalue weighted by atomic mass is 9.83. The molecule has 0 heterocycles. The minimum absolute atomic E-state index is 0.148. The molecule has 2 nitrogen and oxygen atoms in total. The molecule has 1 aromatic rings. The summed E-state index contributed by atoms with van der Waals surface area (Å²) in [6, 6.07) is 7.78. The Morgan fingerprint density at radius 2 is 1.86 bits per heavy atom. The van der Waals surface area contributed by atoms with Crippen molar-refractivity contribution in [2.45, 2.75) is 33.4 Å². The Bertz CT molecular complexity index is 301. The maximum atomic E-state index is 10.1. The summed E-state index contributed by atoms with van der Waals surface area (Å²) in [7, 11) is 0. The minimum Gasteiger partial charge on any atom is -0.388 e. The summed E-state index contributed by atoms with van der Waals surface area (Å²) < 4.78 is 0. The lowest BCUT2D eigenvalue weighted by molar-refractivity contribution is 0.0619. The molecule has 0 amide bonds. The SMILES string of the molecule is CC(C)(C)C(O)c1ccccc1CN. The molecule has 0 aliphatic heterocycles. The van der Waals surface area contributed by atoms with E-state index in [9.17, 15) is 5.11 Å². The van der Waals surface area contributed by atoms with E-state index in [1.807, 2.05) is 45.0 Å². The van der Waals surface area contributed by atoms with E-state index in [4.69, 9.17) is 5.73 Å². The van der Waals surface area contributed by atoms with Crippen LogP contribution in [-0.4, -0.2) is 5.11 Å². The molecule has 1 atom stereocenters. The molecule has 14 heavy (non-hydrogen) atoms. The number of benzene rings is 1. The molecule has 1 rings (SSSR count). The molecule has 0 fully saturated rings. The van der Waals surface area contributed by atoms with Crippen LogP contribution in [0.25, 0.3) is 0 Å². The fraction of sp³-hybridized carbons (Fsp3) is 0.500. The topological polar surface area (TPSA) is 46.2 Å². The summed E-state index contributed by atoms with van der Waals surface area (Å²) in [4.78, 5) is 0. The Morgan fingerprint density at radius 1 is 1.29 bits per heavy atom. The van der Waals surface area contributed by atoms with Crippen LogP contribution >= 0.6 is 0 Å².